The highest BCUT2D eigenvalue weighted by Gasteiger charge is 2.24. The molecule has 3 rings (SSSR count). The molecule has 1 heterocycles. The SMILES string of the molecule is COc1cc(NC(=O)C(C)Sc2nnc(C)n2C2CCCCC2)cc(OC)c1. The van der Waals surface area contributed by atoms with Gasteiger partial charge in [-0.25, -0.2) is 0 Å². The fourth-order valence-electron chi connectivity index (χ4n) is 3.53. The molecule has 7 nitrogen and oxygen atoms in total. The first kappa shape index (κ1) is 20.5. The number of aryl methyl sites for hydroxylation is 1. The van der Waals surface area contributed by atoms with Crippen molar-refractivity contribution in [1.29, 1.82) is 0 Å². The Kier molecular flexibility index (Phi) is 6.83. The van der Waals surface area contributed by atoms with E-state index in [9.17, 15) is 4.79 Å². The molecule has 1 atom stereocenters. The van der Waals surface area contributed by atoms with Crippen LogP contribution in [-0.2, 0) is 4.79 Å². The van der Waals surface area contributed by atoms with Crippen molar-refractivity contribution >= 4 is 23.4 Å². The number of benzene rings is 1. The molecule has 0 aliphatic heterocycles. The van der Waals surface area contributed by atoms with Crippen LogP contribution in [0.5, 0.6) is 11.5 Å². The second-order valence-electron chi connectivity index (χ2n) is 7.04. The van der Waals surface area contributed by atoms with E-state index in [-0.39, 0.29) is 11.2 Å². The molecule has 1 aliphatic carbocycles. The Labute approximate surface area is 170 Å². The Hall–Kier alpha value is -2.22. The Balaban J connectivity index is 1.70. The number of rotatable bonds is 7. The van der Waals surface area contributed by atoms with Crippen molar-refractivity contribution in [3.63, 3.8) is 0 Å². The molecule has 0 radical (unpaired) electrons. The number of nitrogens with zero attached hydrogens (tertiary/aromatic N) is 3. The molecule has 8 heteroatoms. The minimum atomic E-state index is -0.317. The van der Waals surface area contributed by atoms with Gasteiger partial charge in [0.1, 0.15) is 17.3 Å². The minimum absolute atomic E-state index is 0.101. The lowest BCUT2D eigenvalue weighted by atomic mass is 9.95. The smallest absolute Gasteiger partial charge is 0.237 e. The number of hydrogen-bond acceptors (Lipinski definition) is 6. The van der Waals surface area contributed by atoms with Crippen LogP contribution >= 0.6 is 11.8 Å². The third kappa shape index (κ3) is 4.79. The van der Waals surface area contributed by atoms with Gasteiger partial charge in [0.25, 0.3) is 0 Å². The molecule has 1 aromatic carbocycles. The molecule has 0 saturated heterocycles. The summed E-state index contributed by atoms with van der Waals surface area (Å²) in [5.41, 5.74) is 0.638. The molecule has 1 aromatic heterocycles. The van der Waals surface area contributed by atoms with Gasteiger partial charge in [-0.05, 0) is 26.7 Å². The number of methoxy groups -OCH3 is 2. The zero-order valence-corrected chi connectivity index (χ0v) is 17.7. The summed E-state index contributed by atoms with van der Waals surface area (Å²) >= 11 is 1.45. The summed E-state index contributed by atoms with van der Waals surface area (Å²) in [6.45, 7) is 3.87. The van der Waals surface area contributed by atoms with Crippen LogP contribution < -0.4 is 14.8 Å². The third-order valence-corrected chi connectivity index (χ3v) is 6.10. The summed E-state index contributed by atoms with van der Waals surface area (Å²) in [7, 11) is 3.17. The molecule has 0 spiro atoms. The largest absolute Gasteiger partial charge is 0.497 e. The van der Waals surface area contributed by atoms with Crippen LogP contribution in [0.15, 0.2) is 23.4 Å². The number of carbonyl (C=O) groups excluding carboxylic acids is 1. The number of hydrogen-bond donors (Lipinski definition) is 1. The Morgan fingerprint density at radius 1 is 1.14 bits per heavy atom. The van der Waals surface area contributed by atoms with E-state index >= 15 is 0 Å². The topological polar surface area (TPSA) is 78.3 Å². The number of nitrogens with one attached hydrogen (secondary N) is 1. The molecule has 1 N–H and O–H groups in total. The van der Waals surface area contributed by atoms with Crippen LogP contribution in [0.25, 0.3) is 0 Å². The molecule has 2 aromatic rings. The van der Waals surface area contributed by atoms with Crippen LogP contribution in [0.2, 0.25) is 0 Å². The summed E-state index contributed by atoms with van der Waals surface area (Å²) < 4.78 is 12.7. The van der Waals surface area contributed by atoms with Crippen molar-refractivity contribution in [2.75, 3.05) is 19.5 Å². The lowest BCUT2D eigenvalue weighted by Gasteiger charge is -2.25. The van der Waals surface area contributed by atoms with Gasteiger partial charge in [-0.3, -0.25) is 4.79 Å². The average molecular weight is 405 g/mol. The summed E-state index contributed by atoms with van der Waals surface area (Å²) in [5.74, 6) is 2.07. The van der Waals surface area contributed by atoms with E-state index in [0.29, 0.717) is 23.2 Å². The van der Waals surface area contributed by atoms with Crippen LogP contribution in [0, 0.1) is 6.92 Å². The molecule has 1 fully saturated rings. The second-order valence-corrected chi connectivity index (χ2v) is 8.35. The maximum Gasteiger partial charge on any atom is 0.237 e. The normalized spacial score (nSPS) is 15.9. The van der Waals surface area contributed by atoms with Crippen molar-refractivity contribution in [1.82, 2.24) is 14.8 Å². The molecular weight excluding hydrogens is 376 g/mol. The molecule has 1 amide bonds. The Bertz CT molecular complexity index is 796. The van der Waals surface area contributed by atoms with Crippen molar-refractivity contribution in [3.8, 4) is 11.5 Å². The first-order valence-electron chi connectivity index (χ1n) is 9.64. The molecule has 152 valence electrons. The van der Waals surface area contributed by atoms with Gasteiger partial charge < -0.3 is 19.4 Å². The number of ether oxygens (including phenoxy) is 2. The molecule has 1 aliphatic rings. The van der Waals surface area contributed by atoms with Gasteiger partial charge in [-0.15, -0.1) is 10.2 Å². The summed E-state index contributed by atoms with van der Waals surface area (Å²) in [6.07, 6.45) is 6.07. The monoisotopic (exact) mass is 404 g/mol. The van der Waals surface area contributed by atoms with Crippen LogP contribution in [0.4, 0.5) is 5.69 Å². The first-order valence-corrected chi connectivity index (χ1v) is 10.5. The Morgan fingerprint density at radius 2 is 1.79 bits per heavy atom. The van der Waals surface area contributed by atoms with Gasteiger partial charge >= 0.3 is 0 Å². The van der Waals surface area contributed by atoms with Crippen LogP contribution in [0.1, 0.15) is 50.9 Å². The quantitative estimate of drug-likeness (QED) is 0.696. The second kappa shape index (κ2) is 9.32. The highest BCUT2D eigenvalue weighted by Crippen LogP contribution is 2.34. The lowest BCUT2D eigenvalue weighted by molar-refractivity contribution is -0.115. The maximum absolute atomic E-state index is 12.7. The molecule has 1 saturated carbocycles. The molecule has 0 bridgehead atoms. The van der Waals surface area contributed by atoms with Gasteiger partial charge in [0.05, 0.1) is 19.5 Å². The van der Waals surface area contributed by atoms with E-state index in [4.69, 9.17) is 9.47 Å². The summed E-state index contributed by atoms with van der Waals surface area (Å²) in [4.78, 5) is 12.7. The van der Waals surface area contributed by atoms with Gasteiger partial charge in [0, 0.05) is 29.9 Å². The minimum Gasteiger partial charge on any atom is -0.497 e. The first-order chi connectivity index (χ1) is 13.5. The number of anilines is 1. The fraction of sp³-hybridized carbons (Fsp3) is 0.550. The zero-order valence-electron chi connectivity index (χ0n) is 16.9. The zero-order chi connectivity index (χ0) is 20.1. The highest BCUT2D eigenvalue weighted by molar-refractivity contribution is 8.00. The van der Waals surface area contributed by atoms with Crippen molar-refractivity contribution < 1.29 is 14.3 Å². The van der Waals surface area contributed by atoms with Crippen molar-refractivity contribution in [2.24, 2.45) is 0 Å². The van der Waals surface area contributed by atoms with Crippen molar-refractivity contribution in [3.05, 3.63) is 24.0 Å². The standard InChI is InChI=1S/C20H28N4O3S/c1-13(19(25)21-15-10-17(26-3)12-18(11-15)27-4)28-20-23-22-14(2)24(20)16-8-6-5-7-9-16/h10-13,16H,5-9H2,1-4H3,(H,21,25). The van der Waals surface area contributed by atoms with Crippen LogP contribution in [-0.4, -0.2) is 40.1 Å². The van der Waals surface area contributed by atoms with Gasteiger partial charge in [-0.2, -0.15) is 0 Å². The van der Waals surface area contributed by atoms with E-state index in [0.717, 1.165) is 23.8 Å². The predicted molar refractivity (Wildman–Crippen MR) is 110 cm³/mol. The Morgan fingerprint density at radius 3 is 2.39 bits per heavy atom. The van der Waals surface area contributed by atoms with Gasteiger partial charge in [-0.1, -0.05) is 31.0 Å². The lowest BCUT2D eigenvalue weighted by Crippen LogP contribution is -2.23. The van der Waals surface area contributed by atoms with E-state index < -0.39 is 0 Å². The number of aromatic nitrogens is 3. The molecule has 28 heavy (non-hydrogen) atoms. The highest BCUT2D eigenvalue weighted by atomic mass is 32.2. The third-order valence-electron chi connectivity index (χ3n) is 5.05. The fourth-order valence-corrected chi connectivity index (χ4v) is 4.49. The number of carbonyl (C=O) groups is 1. The number of thioether (sulfide) groups is 1. The number of amides is 1. The van der Waals surface area contributed by atoms with Crippen molar-refractivity contribution in [2.45, 2.75) is 62.4 Å². The van der Waals surface area contributed by atoms with E-state index in [1.54, 1.807) is 32.4 Å². The summed E-state index contributed by atoms with van der Waals surface area (Å²) in [5, 5.41) is 12.0. The molecule has 1 unspecified atom stereocenters. The van der Waals surface area contributed by atoms with E-state index in [2.05, 4.69) is 20.1 Å². The summed E-state index contributed by atoms with van der Waals surface area (Å²) in [6, 6.07) is 5.74. The predicted octanol–water partition coefficient (Wildman–Crippen LogP) is 4.23. The van der Waals surface area contributed by atoms with E-state index in [1.165, 1.54) is 31.0 Å². The molecular formula is C20H28N4O3S. The average Bonchev–Trinajstić information content (AvgIpc) is 3.08. The van der Waals surface area contributed by atoms with Crippen LogP contribution in [0.3, 0.4) is 0 Å². The van der Waals surface area contributed by atoms with Gasteiger partial charge in [0.2, 0.25) is 5.91 Å². The van der Waals surface area contributed by atoms with Gasteiger partial charge in [0.15, 0.2) is 5.16 Å². The van der Waals surface area contributed by atoms with E-state index in [1.807, 2.05) is 13.8 Å². The maximum atomic E-state index is 12.7.